The highest BCUT2D eigenvalue weighted by atomic mass is 16.3. The number of hydrogen-bond acceptors (Lipinski definition) is 3. The lowest BCUT2D eigenvalue weighted by atomic mass is 9.82. The van der Waals surface area contributed by atoms with Crippen LogP contribution in [0.1, 0.15) is 96.6 Å². The van der Waals surface area contributed by atoms with Crippen molar-refractivity contribution < 1.29 is 5.11 Å². The lowest BCUT2D eigenvalue weighted by molar-refractivity contribution is 0.306. The number of hydrogen-bond donors (Lipinski definition) is 3. The van der Waals surface area contributed by atoms with Gasteiger partial charge in [0.1, 0.15) is 5.75 Å². The molecule has 3 rings (SSSR count). The van der Waals surface area contributed by atoms with E-state index in [-0.39, 0.29) is 11.0 Å². The number of nitrogens with one attached hydrogen (secondary N) is 2. The summed E-state index contributed by atoms with van der Waals surface area (Å²) >= 11 is 0. The largest absolute Gasteiger partial charge is 0.507 e. The highest BCUT2D eigenvalue weighted by Crippen LogP contribution is 2.34. The van der Waals surface area contributed by atoms with Gasteiger partial charge in [-0.05, 0) is 109 Å². The smallest absolute Gasteiger partial charge is 0.122 e. The van der Waals surface area contributed by atoms with Crippen LogP contribution in [0, 0.1) is 18.3 Å². The van der Waals surface area contributed by atoms with Gasteiger partial charge in [0.25, 0.3) is 0 Å². The second-order valence-electron chi connectivity index (χ2n) is 14.0. The fourth-order valence-electron chi connectivity index (χ4n) is 5.41. The van der Waals surface area contributed by atoms with E-state index in [1.807, 2.05) is 6.92 Å². The van der Waals surface area contributed by atoms with Crippen LogP contribution in [-0.2, 0) is 23.9 Å². The molecule has 3 N–H and O–H groups in total. The molecule has 206 valence electrons. The second-order valence-corrected chi connectivity index (χ2v) is 14.0. The summed E-state index contributed by atoms with van der Waals surface area (Å²) < 4.78 is 0. The van der Waals surface area contributed by atoms with Crippen LogP contribution in [0.25, 0.3) is 0 Å². The molecular weight excluding hydrogens is 464 g/mol. The van der Waals surface area contributed by atoms with Gasteiger partial charge in [-0.25, -0.2) is 0 Å². The fraction of sp³-hybridized carbons (Fsp3) is 0.486. The molecule has 3 aromatic carbocycles. The Morgan fingerprint density at radius 1 is 0.763 bits per heavy atom. The third-order valence-corrected chi connectivity index (χ3v) is 7.23. The zero-order valence-electron chi connectivity index (χ0n) is 25.4. The van der Waals surface area contributed by atoms with Gasteiger partial charge in [0, 0.05) is 17.9 Å². The number of phenols is 1. The maximum atomic E-state index is 10.5. The lowest BCUT2D eigenvalue weighted by Crippen LogP contribution is -2.27. The minimum absolute atomic E-state index is 0.101. The maximum absolute atomic E-state index is 10.5. The van der Waals surface area contributed by atoms with Crippen LogP contribution in [0.15, 0.2) is 60.7 Å². The Morgan fingerprint density at radius 3 is 1.89 bits per heavy atom. The Bertz CT molecular complexity index is 1190. The molecule has 0 aliphatic rings. The summed E-state index contributed by atoms with van der Waals surface area (Å²) in [6, 6.07) is 21.8. The van der Waals surface area contributed by atoms with E-state index in [9.17, 15) is 5.11 Å². The van der Waals surface area contributed by atoms with E-state index < -0.39 is 0 Å². The van der Waals surface area contributed by atoms with Gasteiger partial charge in [0.15, 0.2) is 0 Å². The van der Waals surface area contributed by atoms with E-state index in [0.29, 0.717) is 23.6 Å². The highest BCUT2D eigenvalue weighted by Gasteiger charge is 2.22. The predicted molar refractivity (Wildman–Crippen MR) is 165 cm³/mol. The van der Waals surface area contributed by atoms with Crippen molar-refractivity contribution in [3.8, 4) is 5.75 Å². The molecule has 0 fully saturated rings. The van der Waals surface area contributed by atoms with Gasteiger partial charge in [-0.15, -0.1) is 0 Å². The van der Waals surface area contributed by atoms with Crippen LogP contribution in [0.2, 0.25) is 0 Å². The van der Waals surface area contributed by atoms with Crippen molar-refractivity contribution in [2.45, 2.75) is 99.6 Å². The van der Waals surface area contributed by atoms with E-state index >= 15 is 0 Å². The summed E-state index contributed by atoms with van der Waals surface area (Å²) in [5.41, 5.74) is 8.03. The third kappa shape index (κ3) is 8.28. The van der Waals surface area contributed by atoms with E-state index in [4.69, 9.17) is 0 Å². The van der Waals surface area contributed by atoms with Gasteiger partial charge < -0.3 is 15.7 Å². The van der Waals surface area contributed by atoms with E-state index in [1.54, 1.807) is 0 Å². The average Bonchev–Trinajstić information content (AvgIpc) is 2.78. The summed E-state index contributed by atoms with van der Waals surface area (Å²) in [5, 5.41) is 17.7. The molecule has 0 aromatic heterocycles. The number of rotatable bonds is 9. The number of benzene rings is 3. The first-order valence-corrected chi connectivity index (χ1v) is 14.1. The van der Waals surface area contributed by atoms with E-state index in [0.717, 1.165) is 28.9 Å². The zero-order valence-corrected chi connectivity index (χ0v) is 25.4. The molecule has 1 atom stereocenters. The lowest BCUT2D eigenvalue weighted by Gasteiger charge is -2.29. The molecule has 0 saturated carbocycles. The minimum Gasteiger partial charge on any atom is -0.507 e. The van der Waals surface area contributed by atoms with Crippen LogP contribution in [0.3, 0.4) is 0 Å². The number of aromatic hydroxyl groups is 1. The summed E-state index contributed by atoms with van der Waals surface area (Å²) in [5.74, 6) is 1.08. The number of anilines is 2. The summed E-state index contributed by atoms with van der Waals surface area (Å²) in [6.07, 6.45) is 2.36. The van der Waals surface area contributed by atoms with Gasteiger partial charge in [-0.1, -0.05) is 78.8 Å². The summed E-state index contributed by atoms with van der Waals surface area (Å²) in [7, 11) is 0. The zero-order chi connectivity index (χ0) is 28.3. The van der Waals surface area contributed by atoms with Gasteiger partial charge in [0.2, 0.25) is 0 Å². The molecule has 0 aliphatic heterocycles. The standard InChI is InChI=1S/C35H50N2O/c1-24(22-33(3,4)5)19-26-11-13-28(14-12-26)35(9,10)37-30-17-15-29(16-18-30)36-23-27-20-25(2)32(38)31(21-27)34(6,7)8/h11-18,20-21,24,36-38H,19,22-23H2,1-10H3. The van der Waals surface area contributed by atoms with Gasteiger partial charge in [0.05, 0.1) is 5.54 Å². The molecule has 3 aromatic rings. The molecule has 0 aliphatic carbocycles. The van der Waals surface area contributed by atoms with Crippen molar-refractivity contribution in [1.82, 2.24) is 0 Å². The SMILES string of the molecule is Cc1cc(CNc2ccc(NC(C)(C)c3ccc(CC(C)CC(C)(C)C)cc3)cc2)cc(C(C)(C)C)c1O. The van der Waals surface area contributed by atoms with Gasteiger partial charge in [-0.2, -0.15) is 0 Å². The maximum Gasteiger partial charge on any atom is 0.122 e. The topological polar surface area (TPSA) is 44.3 Å². The molecule has 0 amide bonds. The Labute approximate surface area is 232 Å². The average molecular weight is 515 g/mol. The van der Waals surface area contributed by atoms with E-state index in [1.165, 1.54) is 23.1 Å². The minimum atomic E-state index is -0.183. The summed E-state index contributed by atoms with van der Waals surface area (Å²) in [4.78, 5) is 0. The number of phenolic OH excluding ortho intramolecular Hbond substituents is 1. The molecule has 0 spiro atoms. The molecule has 3 heteroatoms. The van der Waals surface area contributed by atoms with Crippen molar-refractivity contribution in [3.05, 3.63) is 88.5 Å². The molecule has 0 heterocycles. The Balaban J connectivity index is 1.61. The molecule has 0 bridgehead atoms. The second kappa shape index (κ2) is 11.4. The monoisotopic (exact) mass is 514 g/mol. The molecule has 0 radical (unpaired) electrons. The van der Waals surface area contributed by atoms with Gasteiger partial charge >= 0.3 is 0 Å². The first kappa shape index (κ1) is 29.6. The Hall–Kier alpha value is -2.94. The van der Waals surface area contributed by atoms with Crippen molar-refractivity contribution in [2.75, 3.05) is 10.6 Å². The molecular formula is C35H50N2O. The highest BCUT2D eigenvalue weighted by molar-refractivity contribution is 5.56. The Morgan fingerprint density at radius 2 is 1.34 bits per heavy atom. The van der Waals surface area contributed by atoms with Crippen molar-refractivity contribution in [2.24, 2.45) is 11.3 Å². The van der Waals surface area contributed by atoms with Crippen molar-refractivity contribution in [1.29, 1.82) is 0 Å². The van der Waals surface area contributed by atoms with Crippen LogP contribution in [-0.4, -0.2) is 5.11 Å². The van der Waals surface area contributed by atoms with Crippen LogP contribution in [0.4, 0.5) is 11.4 Å². The summed E-state index contributed by atoms with van der Waals surface area (Å²) in [6.45, 7) is 22.9. The molecule has 0 saturated heterocycles. The van der Waals surface area contributed by atoms with Crippen molar-refractivity contribution >= 4 is 11.4 Å². The van der Waals surface area contributed by atoms with Crippen molar-refractivity contribution in [3.63, 3.8) is 0 Å². The quantitative estimate of drug-likeness (QED) is 0.266. The first-order valence-electron chi connectivity index (χ1n) is 14.1. The Kier molecular flexibility index (Phi) is 8.91. The number of aryl methyl sites for hydroxylation is 1. The van der Waals surface area contributed by atoms with Crippen LogP contribution >= 0.6 is 0 Å². The normalized spacial score (nSPS) is 13.3. The van der Waals surface area contributed by atoms with Crippen LogP contribution in [0.5, 0.6) is 5.75 Å². The molecule has 38 heavy (non-hydrogen) atoms. The van der Waals surface area contributed by atoms with E-state index in [2.05, 4.69) is 134 Å². The molecule has 3 nitrogen and oxygen atoms in total. The fourth-order valence-corrected chi connectivity index (χ4v) is 5.41. The predicted octanol–water partition coefficient (Wildman–Crippen LogP) is 9.57. The third-order valence-electron chi connectivity index (χ3n) is 7.23. The first-order chi connectivity index (χ1) is 17.5. The van der Waals surface area contributed by atoms with Gasteiger partial charge in [-0.3, -0.25) is 0 Å². The molecule has 1 unspecified atom stereocenters. The van der Waals surface area contributed by atoms with Crippen LogP contribution < -0.4 is 10.6 Å².